The maximum absolute atomic E-state index is 5.39. The van der Waals surface area contributed by atoms with Gasteiger partial charge in [0.15, 0.2) is 0 Å². The third-order valence-corrected chi connectivity index (χ3v) is 5.55. The van der Waals surface area contributed by atoms with Gasteiger partial charge in [0.2, 0.25) is 0 Å². The van der Waals surface area contributed by atoms with Gasteiger partial charge in [0.05, 0.1) is 41.8 Å². The predicted octanol–water partition coefficient (Wildman–Crippen LogP) is 3.42. The molecule has 0 amide bonds. The lowest BCUT2D eigenvalue weighted by Crippen LogP contribution is -2.36. The van der Waals surface area contributed by atoms with Gasteiger partial charge in [-0.25, -0.2) is 9.97 Å². The van der Waals surface area contributed by atoms with Crippen LogP contribution in [0.1, 0.15) is 35.5 Å². The summed E-state index contributed by atoms with van der Waals surface area (Å²) in [7, 11) is 0. The van der Waals surface area contributed by atoms with E-state index in [1.54, 1.807) is 11.3 Å². The standard InChI is InChI=1S/C17H24N4OS/c1-4-16-20-13(3)17(23-16)12(2)19-15-6-5-14(11-18-15)21-7-9-22-10-8-21/h5-6,11-12H,4,7-10H2,1-3H3,(H,18,19). The van der Waals surface area contributed by atoms with Gasteiger partial charge in [0.25, 0.3) is 0 Å². The maximum Gasteiger partial charge on any atom is 0.126 e. The number of pyridine rings is 1. The summed E-state index contributed by atoms with van der Waals surface area (Å²) in [4.78, 5) is 12.8. The largest absolute Gasteiger partial charge is 0.378 e. The van der Waals surface area contributed by atoms with E-state index in [-0.39, 0.29) is 6.04 Å². The molecule has 5 nitrogen and oxygen atoms in total. The summed E-state index contributed by atoms with van der Waals surface area (Å²) in [5.74, 6) is 0.903. The Balaban J connectivity index is 1.66. The van der Waals surface area contributed by atoms with Crippen molar-refractivity contribution in [3.05, 3.63) is 33.9 Å². The van der Waals surface area contributed by atoms with Crippen molar-refractivity contribution in [3.8, 4) is 0 Å². The highest BCUT2D eigenvalue weighted by Gasteiger charge is 2.15. The molecule has 1 saturated heterocycles. The summed E-state index contributed by atoms with van der Waals surface area (Å²) < 4.78 is 5.39. The average Bonchev–Trinajstić information content (AvgIpc) is 2.97. The third kappa shape index (κ3) is 3.82. The van der Waals surface area contributed by atoms with Crippen molar-refractivity contribution in [3.63, 3.8) is 0 Å². The minimum Gasteiger partial charge on any atom is -0.378 e. The van der Waals surface area contributed by atoms with Crippen LogP contribution in [0.15, 0.2) is 18.3 Å². The number of rotatable bonds is 5. The number of morpholine rings is 1. The number of hydrogen-bond acceptors (Lipinski definition) is 6. The number of ether oxygens (including phenoxy) is 1. The van der Waals surface area contributed by atoms with Gasteiger partial charge >= 0.3 is 0 Å². The zero-order valence-corrected chi connectivity index (χ0v) is 14.8. The minimum atomic E-state index is 0.217. The second-order valence-corrected chi connectivity index (χ2v) is 6.89. The summed E-state index contributed by atoms with van der Waals surface area (Å²) in [5.41, 5.74) is 2.28. The molecule has 3 rings (SSSR count). The first-order valence-corrected chi connectivity index (χ1v) is 9.00. The van der Waals surface area contributed by atoms with E-state index in [4.69, 9.17) is 4.74 Å². The third-order valence-electron chi connectivity index (χ3n) is 4.06. The van der Waals surface area contributed by atoms with Gasteiger partial charge in [-0.1, -0.05) is 6.92 Å². The lowest BCUT2D eigenvalue weighted by atomic mass is 10.2. The molecular weight excluding hydrogens is 308 g/mol. The molecule has 1 fully saturated rings. The molecule has 6 heteroatoms. The number of thiazole rings is 1. The molecule has 3 heterocycles. The zero-order valence-electron chi connectivity index (χ0n) is 14.0. The summed E-state index contributed by atoms with van der Waals surface area (Å²) in [6, 6.07) is 4.40. The Bertz CT molecular complexity index is 635. The highest BCUT2D eigenvalue weighted by molar-refractivity contribution is 7.11. The molecule has 2 aromatic heterocycles. The molecule has 0 spiro atoms. The fourth-order valence-electron chi connectivity index (χ4n) is 2.79. The van der Waals surface area contributed by atoms with Gasteiger partial charge in [-0.05, 0) is 32.4 Å². The molecule has 23 heavy (non-hydrogen) atoms. The van der Waals surface area contributed by atoms with E-state index in [0.717, 1.165) is 49.9 Å². The van der Waals surface area contributed by atoms with Crippen LogP contribution in [0.2, 0.25) is 0 Å². The number of nitrogens with zero attached hydrogens (tertiary/aromatic N) is 3. The Hall–Kier alpha value is -1.66. The van der Waals surface area contributed by atoms with E-state index in [2.05, 4.69) is 53.1 Å². The van der Waals surface area contributed by atoms with Crippen molar-refractivity contribution in [1.82, 2.24) is 9.97 Å². The van der Waals surface area contributed by atoms with Gasteiger partial charge in [0, 0.05) is 18.0 Å². The van der Waals surface area contributed by atoms with Crippen molar-refractivity contribution < 1.29 is 4.74 Å². The molecule has 1 aliphatic heterocycles. The second-order valence-electron chi connectivity index (χ2n) is 5.78. The molecule has 0 bridgehead atoms. The number of anilines is 2. The SMILES string of the molecule is CCc1nc(C)c(C(C)Nc2ccc(N3CCOCC3)cn2)s1. The van der Waals surface area contributed by atoms with Gasteiger partial charge in [-0.3, -0.25) is 0 Å². The van der Waals surface area contributed by atoms with Gasteiger partial charge in [-0.2, -0.15) is 0 Å². The van der Waals surface area contributed by atoms with Crippen molar-refractivity contribution >= 4 is 22.8 Å². The van der Waals surface area contributed by atoms with Crippen molar-refractivity contribution in [2.24, 2.45) is 0 Å². The van der Waals surface area contributed by atoms with Crippen molar-refractivity contribution in [2.75, 3.05) is 36.5 Å². The van der Waals surface area contributed by atoms with E-state index in [0.29, 0.717) is 0 Å². The van der Waals surface area contributed by atoms with Crippen LogP contribution in [0.3, 0.4) is 0 Å². The summed E-state index contributed by atoms with van der Waals surface area (Å²) in [6.45, 7) is 9.85. The number of aromatic nitrogens is 2. The maximum atomic E-state index is 5.39. The van der Waals surface area contributed by atoms with E-state index in [1.165, 1.54) is 9.88 Å². The first kappa shape index (κ1) is 16.2. The molecule has 1 unspecified atom stereocenters. The number of aryl methyl sites for hydroxylation is 2. The van der Waals surface area contributed by atoms with E-state index >= 15 is 0 Å². The average molecular weight is 332 g/mol. The zero-order chi connectivity index (χ0) is 16.2. The summed E-state index contributed by atoms with van der Waals surface area (Å²) in [6.07, 6.45) is 2.93. The fourth-order valence-corrected chi connectivity index (χ4v) is 3.80. The smallest absolute Gasteiger partial charge is 0.126 e. The molecule has 124 valence electrons. The van der Waals surface area contributed by atoms with E-state index < -0.39 is 0 Å². The van der Waals surface area contributed by atoms with Crippen molar-refractivity contribution in [2.45, 2.75) is 33.2 Å². The minimum absolute atomic E-state index is 0.217. The van der Waals surface area contributed by atoms with Gasteiger partial charge in [-0.15, -0.1) is 11.3 Å². The fraction of sp³-hybridized carbons (Fsp3) is 0.529. The number of hydrogen-bond donors (Lipinski definition) is 1. The topological polar surface area (TPSA) is 50.3 Å². The van der Waals surface area contributed by atoms with E-state index in [9.17, 15) is 0 Å². The Labute approximate surface area is 141 Å². The Morgan fingerprint density at radius 3 is 2.74 bits per heavy atom. The van der Waals surface area contributed by atoms with Crippen LogP contribution in [-0.4, -0.2) is 36.3 Å². The van der Waals surface area contributed by atoms with Crippen LogP contribution >= 0.6 is 11.3 Å². The lowest BCUT2D eigenvalue weighted by Gasteiger charge is -2.28. The molecule has 0 saturated carbocycles. The quantitative estimate of drug-likeness (QED) is 0.909. The molecule has 0 aliphatic carbocycles. The van der Waals surface area contributed by atoms with Crippen LogP contribution in [0.25, 0.3) is 0 Å². The van der Waals surface area contributed by atoms with Crippen LogP contribution in [-0.2, 0) is 11.2 Å². The molecular formula is C17H24N4OS. The Morgan fingerprint density at radius 2 is 2.13 bits per heavy atom. The number of nitrogens with one attached hydrogen (secondary N) is 1. The normalized spacial score (nSPS) is 16.4. The lowest BCUT2D eigenvalue weighted by molar-refractivity contribution is 0.122. The first-order valence-electron chi connectivity index (χ1n) is 8.19. The Morgan fingerprint density at radius 1 is 1.35 bits per heavy atom. The van der Waals surface area contributed by atoms with Gasteiger partial charge < -0.3 is 15.0 Å². The molecule has 0 aromatic carbocycles. The summed E-state index contributed by atoms with van der Waals surface area (Å²) in [5, 5.41) is 4.68. The van der Waals surface area contributed by atoms with Crippen LogP contribution in [0.5, 0.6) is 0 Å². The molecule has 0 radical (unpaired) electrons. The highest BCUT2D eigenvalue weighted by Crippen LogP contribution is 2.28. The predicted molar refractivity (Wildman–Crippen MR) is 95.5 cm³/mol. The van der Waals surface area contributed by atoms with Crippen LogP contribution < -0.4 is 10.2 Å². The van der Waals surface area contributed by atoms with Crippen molar-refractivity contribution in [1.29, 1.82) is 0 Å². The summed E-state index contributed by atoms with van der Waals surface area (Å²) >= 11 is 1.79. The second kappa shape index (κ2) is 7.27. The molecule has 1 atom stereocenters. The Kier molecular flexibility index (Phi) is 5.13. The van der Waals surface area contributed by atoms with Crippen LogP contribution in [0.4, 0.5) is 11.5 Å². The molecule has 1 aliphatic rings. The van der Waals surface area contributed by atoms with Gasteiger partial charge in [0.1, 0.15) is 5.82 Å². The van der Waals surface area contributed by atoms with Crippen LogP contribution in [0, 0.1) is 6.92 Å². The molecule has 1 N–H and O–H groups in total. The monoisotopic (exact) mass is 332 g/mol. The first-order chi connectivity index (χ1) is 11.2. The highest BCUT2D eigenvalue weighted by atomic mass is 32.1. The van der Waals surface area contributed by atoms with E-state index in [1.807, 2.05) is 6.20 Å². The molecule has 2 aromatic rings.